The van der Waals surface area contributed by atoms with E-state index in [2.05, 4.69) is 220 Å². The number of rotatable bonds is 6. The van der Waals surface area contributed by atoms with Gasteiger partial charge in [0.1, 0.15) is 11.2 Å². The van der Waals surface area contributed by atoms with Crippen molar-refractivity contribution in [2.24, 2.45) is 0 Å². The maximum absolute atomic E-state index is 6.21. The van der Waals surface area contributed by atoms with Crippen molar-refractivity contribution < 1.29 is 4.42 Å². The van der Waals surface area contributed by atoms with Crippen molar-refractivity contribution in [3.8, 4) is 33.4 Å². The summed E-state index contributed by atoms with van der Waals surface area (Å²) in [6.45, 7) is 7.01. The summed E-state index contributed by atoms with van der Waals surface area (Å²) in [5.74, 6) is 0. The Kier molecular flexibility index (Phi) is 7.74. The first-order valence-corrected chi connectivity index (χ1v) is 21.3. The zero-order valence-corrected chi connectivity index (χ0v) is 34.5. The lowest BCUT2D eigenvalue weighted by molar-refractivity contribution is 0.660. The van der Waals surface area contributed by atoms with Crippen LogP contribution in [0.3, 0.4) is 0 Å². The fourth-order valence-electron chi connectivity index (χ4n) is 10.9. The van der Waals surface area contributed by atoms with Crippen molar-refractivity contribution in [3.05, 3.63) is 245 Å². The molecule has 0 unspecified atom stereocenters. The van der Waals surface area contributed by atoms with Gasteiger partial charge in [0.15, 0.2) is 0 Å². The maximum Gasteiger partial charge on any atom is 0.135 e. The fourth-order valence-corrected chi connectivity index (χ4v) is 10.9. The third-order valence-corrected chi connectivity index (χ3v) is 13.7. The third-order valence-electron chi connectivity index (χ3n) is 13.7. The van der Waals surface area contributed by atoms with E-state index in [1.165, 1.54) is 72.3 Å². The molecule has 10 aromatic rings. The predicted octanol–water partition coefficient (Wildman–Crippen LogP) is 15.7. The van der Waals surface area contributed by atoms with E-state index < -0.39 is 5.41 Å². The molecule has 0 fully saturated rings. The van der Waals surface area contributed by atoms with Crippen LogP contribution in [0.15, 0.2) is 211 Å². The summed E-state index contributed by atoms with van der Waals surface area (Å²) in [6, 6.07) is 76.2. The molecular weight excluding hydrogens is 739 g/mol. The van der Waals surface area contributed by atoms with Gasteiger partial charge < -0.3 is 9.32 Å². The van der Waals surface area contributed by atoms with Gasteiger partial charge in [0.25, 0.3) is 0 Å². The van der Waals surface area contributed by atoms with E-state index in [1.54, 1.807) is 0 Å². The molecule has 9 aromatic carbocycles. The molecule has 2 aliphatic rings. The highest BCUT2D eigenvalue weighted by Crippen LogP contribution is 2.60. The van der Waals surface area contributed by atoms with Crippen LogP contribution in [0.2, 0.25) is 0 Å². The Morgan fingerprint density at radius 1 is 0.410 bits per heavy atom. The number of hydrogen-bond donors (Lipinski definition) is 0. The molecule has 0 saturated heterocycles. The highest BCUT2D eigenvalue weighted by atomic mass is 16.3. The van der Waals surface area contributed by atoms with Gasteiger partial charge in [0.2, 0.25) is 0 Å². The Bertz CT molecular complexity index is 3310. The quantitative estimate of drug-likeness (QED) is 0.167. The number of benzene rings is 9. The van der Waals surface area contributed by atoms with Crippen molar-refractivity contribution >= 4 is 39.0 Å². The predicted molar refractivity (Wildman–Crippen MR) is 253 cm³/mol. The van der Waals surface area contributed by atoms with Crippen molar-refractivity contribution in [2.75, 3.05) is 4.90 Å². The van der Waals surface area contributed by atoms with Crippen molar-refractivity contribution in [2.45, 2.75) is 31.6 Å². The van der Waals surface area contributed by atoms with Crippen LogP contribution >= 0.6 is 0 Å². The molecule has 0 spiro atoms. The van der Waals surface area contributed by atoms with Gasteiger partial charge in [0, 0.05) is 33.1 Å². The molecule has 290 valence electrons. The van der Waals surface area contributed by atoms with Crippen LogP contribution in [0.4, 0.5) is 17.1 Å². The number of aryl methyl sites for hydroxylation is 1. The Morgan fingerprint density at radius 2 is 1.02 bits per heavy atom. The minimum atomic E-state index is -0.507. The van der Waals surface area contributed by atoms with Crippen molar-refractivity contribution in [3.63, 3.8) is 0 Å². The first-order chi connectivity index (χ1) is 29.9. The normalized spacial score (nSPS) is 14.1. The summed E-state index contributed by atoms with van der Waals surface area (Å²) in [4.78, 5) is 2.53. The summed E-state index contributed by atoms with van der Waals surface area (Å²) >= 11 is 0. The Balaban J connectivity index is 1.10. The van der Waals surface area contributed by atoms with Gasteiger partial charge in [-0.05, 0) is 122 Å². The number of para-hydroxylation sites is 1. The lowest BCUT2D eigenvalue weighted by Gasteiger charge is -2.35. The van der Waals surface area contributed by atoms with Gasteiger partial charge in [-0.25, -0.2) is 0 Å². The van der Waals surface area contributed by atoms with Crippen LogP contribution in [-0.2, 0) is 10.8 Å². The van der Waals surface area contributed by atoms with Crippen LogP contribution < -0.4 is 4.90 Å². The molecule has 0 atom stereocenters. The van der Waals surface area contributed by atoms with Crippen LogP contribution in [0.25, 0.3) is 55.3 Å². The van der Waals surface area contributed by atoms with E-state index in [0.29, 0.717) is 0 Å². The van der Waals surface area contributed by atoms with E-state index in [0.717, 1.165) is 39.0 Å². The monoisotopic (exact) mass is 781 g/mol. The van der Waals surface area contributed by atoms with Gasteiger partial charge in [-0.1, -0.05) is 172 Å². The second-order valence-electron chi connectivity index (χ2n) is 17.3. The van der Waals surface area contributed by atoms with Gasteiger partial charge in [-0.3, -0.25) is 0 Å². The molecule has 1 heterocycles. The summed E-state index contributed by atoms with van der Waals surface area (Å²) < 4.78 is 6.21. The molecular formula is C59H43NO. The van der Waals surface area contributed by atoms with Gasteiger partial charge in [-0.2, -0.15) is 0 Å². The Morgan fingerprint density at radius 3 is 1.79 bits per heavy atom. The standard InChI is InChI=1S/C59H43NO/c1-38-35-39(40-30-34-56-48(36-40)46-22-12-15-28-55(46)61-56)29-33-53(38)60(43-31-32-45-44-21-10-13-24-49(44)58(2,3)52(45)37-43)54-27-16-26-51-57(54)47-23-11-14-25-50(47)59(51,41-17-6-4-7-18-41)42-19-8-5-9-20-42/h4-37H,1-3H3. The van der Waals surface area contributed by atoms with E-state index in [-0.39, 0.29) is 5.41 Å². The summed E-state index contributed by atoms with van der Waals surface area (Å²) in [6.07, 6.45) is 0. The van der Waals surface area contributed by atoms with E-state index >= 15 is 0 Å². The molecule has 61 heavy (non-hydrogen) atoms. The van der Waals surface area contributed by atoms with E-state index in [1.807, 2.05) is 12.1 Å². The number of hydrogen-bond acceptors (Lipinski definition) is 2. The largest absolute Gasteiger partial charge is 0.456 e. The highest BCUT2D eigenvalue weighted by molar-refractivity contribution is 6.06. The number of nitrogens with zero attached hydrogens (tertiary/aromatic N) is 1. The second kappa shape index (κ2) is 13.3. The lowest BCUT2D eigenvalue weighted by Crippen LogP contribution is -2.28. The van der Waals surface area contributed by atoms with Gasteiger partial charge in [0.05, 0.1) is 11.1 Å². The number of anilines is 3. The molecule has 0 aliphatic heterocycles. The van der Waals surface area contributed by atoms with Gasteiger partial charge >= 0.3 is 0 Å². The molecule has 12 rings (SSSR count). The minimum Gasteiger partial charge on any atom is -0.456 e. The van der Waals surface area contributed by atoms with Crippen molar-refractivity contribution in [1.29, 1.82) is 0 Å². The van der Waals surface area contributed by atoms with Gasteiger partial charge in [-0.15, -0.1) is 0 Å². The first kappa shape index (κ1) is 35.5. The minimum absolute atomic E-state index is 0.149. The molecule has 0 N–H and O–H groups in total. The zero-order valence-electron chi connectivity index (χ0n) is 34.5. The topological polar surface area (TPSA) is 16.4 Å². The second-order valence-corrected chi connectivity index (χ2v) is 17.3. The van der Waals surface area contributed by atoms with Crippen molar-refractivity contribution in [1.82, 2.24) is 0 Å². The number of fused-ring (bicyclic) bond motifs is 9. The maximum atomic E-state index is 6.21. The fraction of sp³-hybridized carbons (Fsp3) is 0.0847. The summed E-state index contributed by atoms with van der Waals surface area (Å²) in [7, 11) is 0. The third kappa shape index (κ3) is 5.09. The summed E-state index contributed by atoms with van der Waals surface area (Å²) in [5, 5.41) is 2.28. The van der Waals surface area contributed by atoms with Crippen LogP contribution in [0.5, 0.6) is 0 Å². The van der Waals surface area contributed by atoms with Crippen LogP contribution in [0.1, 0.15) is 52.8 Å². The molecule has 1 aromatic heterocycles. The Labute approximate surface area is 357 Å². The first-order valence-electron chi connectivity index (χ1n) is 21.3. The average Bonchev–Trinajstić information content (AvgIpc) is 3.91. The molecule has 0 amide bonds. The molecule has 0 saturated carbocycles. The average molecular weight is 782 g/mol. The molecule has 2 nitrogen and oxygen atoms in total. The smallest absolute Gasteiger partial charge is 0.135 e. The highest BCUT2D eigenvalue weighted by Gasteiger charge is 2.47. The Hall–Kier alpha value is -7.42. The summed E-state index contributed by atoms with van der Waals surface area (Å²) in [5.41, 5.74) is 21.2. The van der Waals surface area contributed by atoms with E-state index in [4.69, 9.17) is 4.42 Å². The number of furan rings is 1. The zero-order chi connectivity index (χ0) is 40.9. The lowest BCUT2D eigenvalue weighted by atomic mass is 9.68. The van der Waals surface area contributed by atoms with E-state index in [9.17, 15) is 0 Å². The molecule has 2 aliphatic carbocycles. The molecule has 2 heteroatoms. The SMILES string of the molecule is Cc1cc(-c2ccc3oc4ccccc4c3c2)ccc1N(c1ccc2c(c1)C(C)(C)c1ccccc1-2)c1cccc2c1-c1ccccc1C2(c1ccccc1)c1ccccc1. The van der Waals surface area contributed by atoms with Crippen LogP contribution in [0, 0.1) is 6.92 Å². The van der Waals surface area contributed by atoms with Crippen LogP contribution in [-0.4, -0.2) is 0 Å². The molecule has 0 bridgehead atoms. The molecule has 0 radical (unpaired) electrons.